The zero-order valence-corrected chi connectivity index (χ0v) is 17.7. The molecule has 0 bridgehead atoms. The van der Waals surface area contributed by atoms with Crippen LogP contribution in [0.1, 0.15) is 12.7 Å². The second-order valence-electron chi connectivity index (χ2n) is 7.27. The van der Waals surface area contributed by atoms with E-state index in [9.17, 15) is 9.59 Å². The predicted octanol–water partition coefficient (Wildman–Crippen LogP) is 1.58. The topological polar surface area (TPSA) is 78.3 Å². The van der Waals surface area contributed by atoms with Crippen LogP contribution in [0, 0.1) is 0 Å². The summed E-state index contributed by atoms with van der Waals surface area (Å²) in [6.45, 7) is 6.48. The van der Waals surface area contributed by atoms with E-state index in [1.807, 2.05) is 25.1 Å². The van der Waals surface area contributed by atoms with Gasteiger partial charge >= 0.3 is 0 Å². The third-order valence-corrected chi connectivity index (χ3v) is 5.08. The van der Waals surface area contributed by atoms with Gasteiger partial charge in [0, 0.05) is 33.2 Å². The number of benzene rings is 1. The predicted molar refractivity (Wildman–Crippen MR) is 114 cm³/mol. The first-order valence-electron chi connectivity index (χ1n) is 10.3. The summed E-state index contributed by atoms with van der Waals surface area (Å²) in [5, 5.41) is 2.76. The number of nitrogens with one attached hydrogen (secondary N) is 1. The number of carbonyl (C=O) groups excluding carboxylic acids is 2. The highest BCUT2D eigenvalue weighted by atomic mass is 16.5. The van der Waals surface area contributed by atoms with E-state index in [2.05, 4.69) is 21.2 Å². The smallest absolute Gasteiger partial charge is 0.239 e. The minimum Gasteiger partial charge on any atom is -0.492 e. The molecule has 1 aliphatic heterocycles. The van der Waals surface area contributed by atoms with Crippen molar-refractivity contribution in [1.82, 2.24) is 15.1 Å². The lowest BCUT2D eigenvalue weighted by Crippen LogP contribution is -2.50. The van der Waals surface area contributed by atoms with Gasteiger partial charge < -0.3 is 24.3 Å². The number of nitrogens with zero attached hydrogens (tertiary/aromatic N) is 3. The highest BCUT2D eigenvalue weighted by molar-refractivity contribution is 5.85. The fourth-order valence-electron chi connectivity index (χ4n) is 3.41. The van der Waals surface area contributed by atoms with Crippen molar-refractivity contribution in [3.05, 3.63) is 48.4 Å². The van der Waals surface area contributed by atoms with Gasteiger partial charge in [-0.05, 0) is 31.2 Å². The van der Waals surface area contributed by atoms with Crippen molar-refractivity contribution in [1.29, 1.82) is 0 Å². The molecule has 0 spiro atoms. The summed E-state index contributed by atoms with van der Waals surface area (Å²) >= 11 is 0. The van der Waals surface area contributed by atoms with Crippen LogP contribution in [0.4, 0.5) is 5.69 Å². The van der Waals surface area contributed by atoms with Crippen LogP contribution in [0.3, 0.4) is 0 Å². The monoisotopic (exact) mass is 414 g/mol. The van der Waals surface area contributed by atoms with Crippen LogP contribution in [-0.4, -0.2) is 74.5 Å². The molecule has 1 aromatic carbocycles. The highest BCUT2D eigenvalue weighted by Gasteiger charge is 2.23. The molecule has 1 aromatic heterocycles. The minimum atomic E-state index is -0.209. The maximum Gasteiger partial charge on any atom is 0.239 e. The number of hydrogen-bond donors (Lipinski definition) is 1. The molecule has 0 aliphatic carbocycles. The largest absolute Gasteiger partial charge is 0.492 e. The summed E-state index contributed by atoms with van der Waals surface area (Å²) < 4.78 is 10.9. The van der Waals surface area contributed by atoms with Gasteiger partial charge in [0.15, 0.2) is 0 Å². The van der Waals surface area contributed by atoms with E-state index in [0.29, 0.717) is 25.5 Å². The molecule has 162 valence electrons. The molecule has 3 rings (SSSR count). The minimum absolute atomic E-state index is 0.0290. The molecule has 8 heteroatoms. The van der Waals surface area contributed by atoms with Gasteiger partial charge in [-0.25, -0.2) is 0 Å². The summed E-state index contributed by atoms with van der Waals surface area (Å²) in [5.41, 5.74) is 1.09. The Morgan fingerprint density at radius 2 is 1.90 bits per heavy atom. The zero-order valence-electron chi connectivity index (χ0n) is 17.7. The van der Waals surface area contributed by atoms with Gasteiger partial charge in [0.1, 0.15) is 11.5 Å². The third kappa shape index (κ3) is 6.00. The van der Waals surface area contributed by atoms with E-state index in [4.69, 9.17) is 9.15 Å². The maximum atomic E-state index is 12.5. The molecular weight excluding hydrogens is 384 g/mol. The molecule has 1 fully saturated rings. The molecule has 8 nitrogen and oxygen atoms in total. The molecule has 0 radical (unpaired) electrons. The Morgan fingerprint density at radius 1 is 1.13 bits per heavy atom. The number of ether oxygens (including phenoxy) is 1. The van der Waals surface area contributed by atoms with Crippen LogP contribution in [0.15, 0.2) is 47.1 Å². The number of furan rings is 1. The van der Waals surface area contributed by atoms with Gasteiger partial charge in [-0.3, -0.25) is 14.5 Å². The Balaban J connectivity index is 1.41. The Labute approximate surface area is 177 Å². The Kier molecular flexibility index (Phi) is 7.73. The summed E-state index contributed by atoms with van der Waals surface area (Å²) in [7, 11) is 1.66. The van der Waals surface area contributed by atoms with Crippen LogP contribution in [0.25, 0.3) is 0 Å². The van der Waals surface area contributed by atoms with Gasteiger partial charge in [0.05, 0.1) is 38.2 Å². The van der Waals surface area contributed by atoms with Crippen molar-refractivity contribution in [3.63, 3.8) is 0 Å². The summed E-state index contributed by atoms with van der Waals surface area (Å²) in [4.78, 5) is 30.5. The van der Waals surface area contributed by atoms with E-state index in [-0.39, 0.29) is 18.4 Å². The van der Waals surface area contributed by atoms with Crippen LogP contribution < -0.4 is 15.0 Å². The number of amides is 2. The molecule has 1 N–H and O–H groups in total. The van der Waals surface area contributed by atoms with Crippen molar-refractivity contribution in [2.24, 2.45) is 0 Å². The lowest BCUT2D eigenvalue weighted by molar-refractivity contribution is -0.135. The van der Waals surface area contributed by atoms with Gasteiger partial charge in [-0.1, -0.05) is 12.1 Å². The van der Waals surface area contributed by atoms with Gasteiger partial charge in [0.25, 0.3) is 0 Å². The summed E-state index contributed by atoms with van der Waals surface area (Å²) in [6.07, 6.45) is 1.56. The second kappa shape index (κ2) is 10.7. The van der Waals surface area contributed by atoms with Crippen molar-refractivity contribution in [2.45, 2.75) is 13.5 Å². The first-order valence-corrected chi connectivity index (χ1v) is 10.3. The van der Waals surface area contributed by atoms with E-state index in [1.54, 1.807) is 25.4 Å². The molecule has 1 aliphatic rings. The lowest BCUT2D eigenvalue weighted by Gasteiger charge is -2.36. The van der Waals surface area contributed by atoms with Crippen molar-refractivity contribution < 1.29 is 18.7 Å². The molecule has 2 amide bonds. The molecule has 2 aromatic rings. The highest BCUT2D eigenvalue weighted by Crippen LogP contribution is 2.28. The number of likely N-dealkylation sites (N-methyl/N-ethyl adjacent to an activating group) is 1. The number of para-hydroxylation sites is 2. The standard InChI is InChI=1S/C22H30N4O4/c1-3-29-20-9-5-4-8-19(20)26-12-10-25(11-13-26)17-22(28)24(2)16-21(27)23-15-18-7-6-14-30-18/h4-9,14H,3,10-13,15-17H2,1-2H3,(H,23,27). The van der Waals surface area contributed by atoms with Crippen LogP contribution in [0.5, 0.6) is 5.75 Å². The Bertz CT molecular complexity index is 816. The molecule has 0 saturated carbocycles. The van der Waals surface area contributed by atoms with Gasteiger partial charge in [0.2, 0.25) is 11.8 Å². The number of anilines is 1. The van der Waals surface area contributed by atoms with Crippen molar-refractivity contribution >= 4 is 17.5 Å². The second-order valence-corrected chi connectivity index (χ2v) is 7.27. The number of piperazine rings is 1. The average Bonchev–Trinajstić information content (AvgIpc) is 3.27. The fraction of sp³-hybridized carbons (Fsp3) is 0.455. The normalized spacial score (nSPS) is 14.4. The zero-order chi connectivity index (χ0) is 21.3. The molecule has 0 atom stereocenters. The summed E-state index contributed by atoms with van der Waals surface area (Å²) in [6, 6.07) is 11.6. The summed E-state index contributed by atoms with van der Waals surface area (Å²) in [5.74, 6) is 1.30. The molecule has 1 saturated heterocycles. The van der Waals surface area contributed by atoms with E-state index < -0.39 is 0 Å². The lowest BCUT2D eigenvalue weighted by atomic mass is 10.2. The Morgan fingerprint density at radius 3 is 2.60 bits per heavy atom. The quantitative estimate of drug-likeness (QED) is 0.671. The SMILES string of the molecule is CCOc1ccccc1N1CCN(CC(=O)N(C)CC(=O)NCc2ccco2)CC1. The van der Waals surface area contributed by atoms with E-state index in [1.165, 1.54) is 4.90 Å². The Hall–Kier alpha value is -3.00. The molecule has 2 heterocycles. The van der Waals surface area contributed by atoms with E-state index >= 15 is 0 Å². The van der Waals surface area contributed by atoms with Crippen LogP contribution in [0.2, 0.25) is 0 Å². The first kappa shape index (κ1) is 21.7. The molecule has 0 unspecified atom stereocenters. The molecular formula is C22H30N4O4. The van der Waals surface area contributed by atoms with Crippen LogP contribution in [-0.2, 0) is 16.1 Å². The number of rotatable bonds is 9. The molecule has 30 heavy (non-hydrogen) atoms. The number of carbonyl (C=O) groups is 2. The average molecular weight is 415 g/mol. The van der Waals surface area contributed by atoms with Gasteiger partial charge in [-0.15, -0.1) is 0 Å². The third-order valence-electron chi connectivity index (χ3n) is 5.08. The fourth-order valence-corrected chi connectivity index (χ4v) is 3.41. The number of hydrogen-bond acceptors (Lipinski definition) is 6. The van der Waals surface area contributed by atoms with E-state index in [0.717, 1.165) is 37.6 Å². The van der Waals surface area contributed by atoms with Crippen LogP contribution >= 0.6 is 0 Å². The maximum absolute atomic E-state index is 12.5. The first-order chi connectivity index (χ1) is 14.6. The van der Waals surface area contributed by atoms with Crippen molar-refractivity contribution in [2.75, 3.05) is 57.8 Å². The van der Waals surface area contributed by atoms with Crippen molar-refractivity contribution in [3.8, 4) is 5.75 Å². The van der Waals surface area contributed by atoms with Gasteiger partial charge in [-0.2, -0.15) is 0 Å².